The molecule has 19 heavy (non-hydrogen) atoms. The van der Waals surface area contributed by atoms with Crippen LogP contribution >= 0.6 is 12.2 Å². The summed E-state index contributed by atoms with van der Waals surface area (Å²) in [6.45, 7) is 5.94. The van der Waals surface area contributed by atoms with E-state index >= 15 is 0 Å². The van der Waals surface area contributed by atoms with Gasteiger partial charge in [-0.05, 0) is 39.1 Å². The molecule has 1 rings (SSSR count). The zero-order valence-corrected chi connectivity index (χ0v) is 12.1. The molecule has 0 aliphatic rings. The number of non-ortho nitro benzene ring substituents is 1. The molecule has 0 aromatic heterocycles. The van der Waals surface area contributed by atoms with Gasteiger partial charge in [-0.3, -0.25) is 10.1 Å². The Hall–Kier alpha value is -1.89. The first-order chi connectivity index (χ1) is 8.73. The van der Waals surface area contributed by atoms with Crippen molar-refractivity contribution in [2.75, 3.05) is 12.4 Å². The van der Waals surface area contributed by atoms with Gasteiger partial charge in [0, 0.05) is 11.6 Å². The van der Waals surface area contributed by atoms with E-state index in [1.165, 1.54) is 19.2 Å². The minimum Gasteiger partial charge on any atom is -0.494 e. The maximum Gasteiger partial charge on any atom is 0.273 e. The van der Waals surface area contributed by atoms with Gasteiger partial charge in [0.2, 0.25) is 0 Å². The van der Waals surface area contributed by atoms with Crippen LogP contribution < -0.4 is 15.4 Å². The smallest absolute Gasteiger partial charge is 0.273 e. The lowest BCUT2D eigenvalue weighted by molar-refractivity contribution is -0.384. The Morgan fingerprint density at radius 2 is 2.05 bits per heavy atom. The van der Waals surface area contributed by atoms with E-state index in [0.717, 1.165) is 0 Å². The number of benzene rings is 1. The van der Waals surface area contributed by atoms with E-state index in [2.05, 4.69) is 10.6 Å². The van der Waals surface area contributed by atoms with Gasteiger partial charge in [-0.25, -0.2) is 0 Å². The minimum atomic E-state index is -0.474. The van der Waals surface area contributed by atoms with E-state index in [1.54, 1.807) is 6.07 Å². The van der Waals surface area contributed by atoms with Crippen molar-refractivity contribution < 1.29 is 9.66 Å². The van der Waals surface area contributed by atoms with Crippen LogP contribution in [0.3, 0.4) is 0 Å². The minimum absolute atomic E-state index is 0.0305. The van der Waals surface area contributed by atoms with E-state index in [1.807, 2.05) is 20.8 Å². The number of rotatable bonds is 3. The topological polar surface area (TPSA) is 76.4 Å². The molecule has 0 aliphatic carbocycles. The number of anilines is 1. The summed E-state index contributed by atoms with van der Waals surface area (Å²) >= 11 is 5.16. The molecule has 0 saturated carbocycles. The Morgan fingerprint density at radius 1 is 1.42 bits per heavy atom. The highest BCUT2D eigenvalue weighted by Crippen LogP contribution is 2.28. The molecular formula is C12H17N3O3S. The molecule has 0 radical (unpaired) electrons. The molecule has 0 amide bonds. The van der Waals surface area contributed by atoms with Crippen LogP contribution in [0.25, 0.3) is 0 Å². The molecule has 0 heterocycles. The van der Waals surface area contributed by atoms with Crippen LogP contribution in [0.4, 0.5) is 11.4 Å². The van der Waals surface area contributed by atoms with Crippen LogP contribution in [0.5, 0.6) is 5.75 Å². The Kier molecular flexibility index (Phi) is 4.66. The van der Waals surface area contributed by atoms with Gasteiger partial charge < -0.3 is 15.4 Å². The highest BCUT2D eigenvalue weighted by atomic mass is 32.1. The number of hydrogen-bond donors (Lipinski definition) is 2. The van der Waals surface area contributed by atoms with Crippen molar-refractivity contribution in [1.82, 2.24) is 5.32 Å². The second-order valence-electron chi connectivity index (χ2n) is 4.97. The van der Waals surface area contributed by atoms with Crippen molar-refractivity contribution in [1.29, 1.82) is 0 Å². The molecule has 2 N–H and O–H groups in total. The number of nitrogens with zero attached hydrogens (tertiary/aromatic N) is 1. The summed E-state index contributed by atoms with van der Waals surface area (Å²) in [6.07, 6.45) is 0. The zero-order valence-electron chi connectivity index (χ0n) is 11.3. The van der Waals surface area contributed by atoms with Gasteiger partial charge in [-0.1, -0.05) is 0 Å². The van der Waals surface area contributed by atoms with E-state index in [-0.39, 0.29) is 11.2 Å². The summed E-state index contributed by atoms with van der Waals surface area (Å²) in [5.41, 5.74) is 0.380. The monoisotopic (exact) mass is 283 g/mol. The van der Waals surface area contributed by atoms with Gasteiger partial charge in [0.05, 0.1) is 23.8 Å². The second-order valence-corrected chi connectivity index (χ2v) is 5.38. The Morgan fingerprint density at radius 3 is 2.53 bits per heavy atom. The predicted molar refractivity (Wildman–Crippen MR) is 78.8 cm³/mol. The van der Waals surface area contributed by atoms with Crippen LogP contribution in [-0.4, -0.2) is 22.7 Å². The Balaban J connectivity index is 2.89. The number of nitro groups is 1. The largest absolute Gasteiger partial charge is 0.494 e. The highest BCUT2D eigenvalue weighted by molar-refractivity contribution is 7.80. The molecular weight excluding hydrogens is 266 g/mol. The van der Waals surface area contributed by atoms with Crippen molar-refractivity contribution in [3.8, 4) is 5.75 Å². The van der Waals surface area contributed by atoms with Crippen molar-refractivity contribution in [2.45, 2.75) is 26.3 Å². The van der Waals surface area contributed by atoms with Crippen LogP contribution in [0.1, 0.15) is 20.8 Å². The number of nitrogens with one attached hydrogen (secondary N) is 2. The van der Waals surface area contributed by atoms with Gasteiger partial charge in [0.15, 0.2) is 5.11 Å². The molecule has 1 aromatic carbocycles. The number of ether oxygens (including phenoxy) is 1. The predicted octanol–water partition coefficient (Wildman–Crippen LogP) is 2.69. The average molecular weight is 283 g/mol. The van der Waals surface area contributed by atoms with Crippen molar-refractivity contribution in [3.05, 3.63) is 28.3 Å². The van der Waals surface area contributed by atoms with Crippen LogP contribution in [0, 0.1) is 10.1 Å². The fourth-order valence-corrected chi connectivity index (χ4v) is 1.81. The second kappa shape index (κ2) is 5.83. The van der Waals surface area contributed by atoms with E-state index < -0.39 is 4.92 Å². The quantitative estimate of drug-likeness (QED) is 0.504. The molecule has 0 spiro atoms. The highest BCUT2D eigenvalue weighted by Gasteiger charge is 2.15. The molecule has 0 saturated heterocycles. The average Bonchev–Trinajstić information content (AvgIpc) is 2.26. The molecule has 104 valence electrons. The normalized spacial score (nSPS) is 10.7. The molecule has 0 atom stereocenters. The molecule has 0 aliphatic heterocycles. The zero-order chi connectivity index (χ0) is 14.6. The fraction of sp³-hybridized carbons (Fsp3) is 0.417. The van der Waals surface area contributed by atoms with Gasteiger partial charge in [-0.2, -0.15) is 0 Å². The summed E-state index contributed by atoms with van der Waals surface area (Å²) in [4.78, 5) is 10.2. The molecule has 6 nitrogen and oxygen atoms in total. The van der Waals surface area contributed by atoms with Gasteiger partial charge in [0.1, 0.15) is 5.75 Å². The third kappa shape index (κ3) is 4.70. The van der Waals surface area contributed by atoms with Crippen LogP contribution in [0.2, 0.25) is 0 Å². The fourth-order valence-electron chi connectivity index (χ4n) is 1.39. The lowest BCUT2D eigenvalue weighted by Gasteiger charge is -2.23. The summed E-state index contributed by atoms with van der Waals surface area (Å²) in [5, 5.41) is 17.2. The lowest BCUT2D eigenvalue weighted by atomic mass is 10.1. The molecule has 0 unspecified atom stereocenters. The molecule has 0 fully saturated rings. The van der Waals surface area contributed by atoms with Crippen LogP contribution in [0.15, 0.2) is 18.2 Å². The SMILES string of the molecule is COc1cc([N+](=O)[O-])ccc1NC(=S)NC(C)(C)C. The Labute approximate surface area is 117 Å². The van der Waals surface area contributed by atoms with Gasteiger partial charge in [-0.15, -0.1) is 0 Å². The summed E-state index contributed by atoms with van der Waals surface area (Å²) in [5.74, 6) is 0.368. The van der Waals surface area contributed by atoms with E-state index in [4.69, 9.17) is 17.0 Å². The first-order valence-corrected chi connectivity index (χ1v) is 6.05. The van der Waals surface area contributed by atoms with Gasteiger partial charge in [0.25, 0.3) is 5.69 Å². The van der Waals surface area contributed by atoms with Crippen LogP contribution in [-0.2, 0) is 0 Å². The number of methoxy groups -OCH3 is 1. The van der Waals surface area contributed by atoms with E-state index in [9.17, 15) is 10.1 Å². The first-order valence-electron chi connectivity index (χ1n) is 5.64. The summed E-state index contributed by atoms with van der Waals surface area (Å²) < 4.78 is 5.11. The third-order valence-electron chi connectivity index (χ3n) is 2.13. The molecule has 0 bridgehead atoms. The third-order valence-corrected chi connectivity index (χ3v) is 2.34. The van der Waals surface area contributed by atoms with E-state index in [0.29, 0.717) is 16.5 Å². The summed E-state index contributed by atoms with van der Waals surface area (Å²) in [6, 6.07) is 4.31. The van der Waals surface area contributed by atoms with Crippen molar-refractivity contribution >= 4 is 28.7 Å². The maximum atomic E-state index is 10.7. The molecule has 1 aromatic rings. The summed E-state index contributed by atoms with van der Waals surface area (Å²) in [7, 11) is 1.45. The molecule has 7 heteroatoms. The lowest BCUT2D eigenvalue weighted by Crippen LogP contribution is -2.42. The Bertz CT molecular complexity index is 497. The number of thiocarbonyl (C=S) groups is 1. The van der Waals surface area contributed by atoms with Gasteiger partial charge >= 0.3 is 0 Å². The standard InChI is InChI=1S/C12H17N3O3S/c1-12(2,3)14-11(19)13-9-6-5-8(15(16)17)7-10(9)18-4/h5-7H,1-4H3,(H2,13,14,19). The van der Waals surface area contributed by atoms with Crippen molar-refractivity contribution in [2.24, 2.45) is 0 Å². The first kappa shape index (κ1) is 15.2. The number of nitro benzene ring substituents is 1. The number of hydrogen-bond acceptors (Lipinski definition) is 4. The van der Waals surface area contributed by atoms with Crippen molar-refractivity contribution in [3.63, 3.8) is 0 Å². The maximum absolute atomic E-state index is 10.7.